The number of piperidine rings is 1. The van der Waals surface area contributed by atoms with E-state index in [1.165, 1.54) is 13.2 Å². The summed E-state index contributed by atoms with van der Waals surface area (Å²) in [4.78, 5) is 2.03. The van der Waals surface area contributed by atoms with Gasteiger partial charge in [0.2, 0.25) is 0 Å². The number of likely N-dealkylation sites (tertiary alicyclic amines) is 1. The molecule has 1 aliphatic heterocycles. The van der Waals surface area contributed by atoms with Gasteiger partial charge in [-0.05, 0) is 24.5 Å². The Morgan fingerprint density at radius 2 is 1.73 bits per heavy atom. The molecule has 1 aromatic heterocycles. The van der Waals surface area contributed by atoms with E-state index in [1.54, 1.807) is 6.07 Å². The van der Waals surface area contributed by atoms with Crippen molar-refractivity contribution in [2.24, 2.45) is 0 Å². The second-order valence-electron chi connectivity index (χ2n) is 7.04. The second-order valence-corrected chi connectivity index (χ2v) is 7.04. The van der Waals surface area contributed by atoms with E-state index in [0.717, 1.165) is 18.2 Å². The van der Waals surface area contributed by atoms with Crippen LogP contribution in [0.1, 0.15) is 29.7 Å². The molecule has 1 aromatic carbocycles. The van der Waals surface area contributed by atoms with Crippen LogP contribution >= 0.6 is 0 Å². The lowest BCUT2D eigenvalue weighted by Gasteiger charge is -2.32. The van der Waals surface area contributed by atoms with E-state index in [4.69, 9.17) is 4.74 Å². The van der Waals surface area contributed by atoms with Crippen molar-refractivity contribution in [3.8, 4) is 5.75 Å². The topological polar surface area (TPSA) is 50.3 Å². The summed E-state index contributed by atoms with van der Waals surface area (Å²) in [5.74, 6) is 0.0746. The van der Waals surface area contributed by atoms with Crippen molar-refractivity contribution < 1.29 is 31.1 Å². The van der Waals surface area contributed by atoms with Crippen molar-refractivity contribution in [2.45, 2.75) is 37.8 Å². The summed E-state index contributed by atoms with van der Waals surface area (Å²) in [7, 11) is 1.25. The number of rotatable bonds is 5. The zero-order valence-corrected chi connectivity index (χ0v) is 16.0. The molecule has 0 spiro atoms. The van der Waals surface area contributed by atoms with Crippen molar-refractivity contribution in [1.82, 2.24) is 15.1 Å². The van der Waals surface area contributed by atoms with Gasteiger partial charge >= 0.3 is 12.4 Å². The molecule has 0 saturated carbocycles. The Labute approximate surface area is 169 Å². The molecule has 164 valence electrons. The average molecular weight is 434 g/mol. The van der Waals surface area contributed by atoms with Gasteiger partial charge in [-0.2, -0.15) is 26.3 Å². The van der Waals surface area contributed by atoms with Crippen LogP contribution in [0.15, 0.2) is 30.3 Å². The van der Waals surface area contributed by atoms with Crippen LogP contribution in [-0.2, 0) is 18.9 Å². The zero-order chi connectivity index (χ0) is 21.9. The van der Waals surface area contributed by atoms with Gasteiger partial charge in [-0.25, -0.2) is 0 Å². The highest BCUT2D eigenvalue weighted by Gasteiger charge is 2.34. The maximum Gasteiger partial charge on any atom is 0.435 e. The molecule has 1 fully saturated rings. The Balaban J connectivity index is 1.58. The highest BCUT2D eigenvalue weighted by Crippen LogP contribution is 2.33. The van der Waals surface area contributed by atoms with Gasteiger partial charge < -0.3 is 10.1 Å². The first-order valence-corrected chi connectivity index (χ1v) is 9.20. The number of alkyl halides is 6. The largest absolute Gasteiger partial charge is 0.493 e. The fourth-order valence-electron chi connectivity index (χ4n) is 3.30. The highest BCUT2D eigenvalue weighted by molar-refractivity contribution is 5.50. The summed E-state index contributed by atoms with van der Waals surface area (Å²) < 4.78 is 81.8. The van der Waals surface area contributed by atoms with Crippen LogP contribution in [0.5, 0.6) is 5.75 Å². The van der Waals surface area contributed by atoms with Crippen molar-refractivity contribution in [3.63, 3.8) is 0 Å². The van der Waals surface area contributed by atoms with E-state index in [0.29, 0.717) is 38.0 Å². The minimum absolute atomic E-state index is 0.0521. The Morgan fingerprint density at radius 1 is 1.03 bits per heavy atom. The number of benzene rings is 1. The molecule has 0 bridgehead atoms. The number of ether oxygens (including phenoxy) is 1. The monoisotopic (exact) mass is 434 g/mol. The molecule has 1 saturated heterocycles. The van der Waals surface area contributed by atoms with Crippen LogP contribution in [0.3, 0.4) is 0 Å². The molecule has 0 amide bonds. The fourth-order valence-corrected chi connectivity index (χ4v) is 3.30. The van der Waals surface area contributed by atoms with E-state index < -0.39 is 23.6 Å². The standard InChI is InChI=1S/C19H20F6N4O/c1-30-15-10-16(19(23,24)25)27-28-17(15)26-14-5-7-29(8-6-14)11-12-3-2-4-13(9-12)18(20,21)22/h2-4,9-10,14H,5-8,11H2,1H3,(H,26,28). The van der Waals surface area contributed by atoms with Crippen molar-refractivity contribution in [2.75, 3.05) is 25.5 Å². The third kappa shape index (κ3) is 5.53. The third-order valence-corrected chi connectivity index (χ3v) is 4.86. The predicted octanol–water partition coefficient (Wildman–Crippen LogP) is 4.60. The third-order valence-electron chi connectivity index (χ3n) is 4.86. The van der Waals surface area contributed by atoms with E-state index >= 15 is 0 Å². The lowest BCUT2D eigenvalue weighted by atomic mass is 10.0. The Bertz CT molecular complexity index is 863. The normalized spacial score (nSPS) is 16.5. The van der Waals surface area contributed by atoms with Gasteiger partial charge in [0.15, 0.2) is 17.3 Å². The van der Waals surface area contributed by atoms with Crippen molar-refractivity contribution in [3.05, 3.63) is 47.2 Å². The molecule has 2 aromatic rings. The molecule has 2 heterocycles. The molecule has 0 unspecified atom stereocenters. The molecule has 1 N–H and O–H groups in total. The van der Waals surface area contributed by atoms with Crippen LogP contribution in [0.4, 0.5) is 32.2 Å². The van der Waals surface area contributed by atoms with Gasteiger partial charge in [0.05, 0.1) is 12.7 Å². The van der Waals surface area contributed by atoms with Gasteiger partial charge in [0.25, 0.3) is 0 Å². The van der Waals surface area contributed by atoms with Crippen LogP contribution in [0, 0.1) is 0 Å². The lowest BCUT2D eigenvalue weighted by Crippen LogP contribution is -2.39. The summed E-state index contributed by atoms with van der Waals surface area (Å²) in [5, 5.41) is 9.86. The van der Waals surface area contributed by atoms with Crippen LogP contribution < -0.4 is 10.1 Å². The van der Waals surface area contributed by atoms with E-state index in [1.807, 2.05) is 4.90 Å². The minimum atomic E-state index is -4.62. The van der Waals surface area contributed by atoms with Gasteiger partial charge in [-0.3, -0.25) is 4.90 Å². The quantitative estimate of drug-likeness (QED) is 0.698. The van der Waals surface area contributed by atoms with Gasteiger partial charge in [-0.15, -0.1) is 10.2 Å². The number of nitrogens with one attached hydrogen (secondary N) is 1. The SMILES string of the molecule is COc1cc(C(F)(F)F)nnc1NC1CCN(Cc2cccc(C(F)(F)F)c2)CC1. The second kappa shape index (κ2) is 8.66. The Hall–Kier alpha value is -2.56. The van der Waals surface area contributed by atoms with E-state index in [2.05, 4.69) is 15.5 Å². The summed E-state index contributed by atoms with van der Waals surface area (Å²) in [6.45, 7) is 1.62. The molecular weight excluding hydrogens is 414 g/mol. The first kappa shape index (κ1) is 22.1. The molecule has 1 aliphatic rings. The fraction of sp³-hybridized carbons (Fsp3) is 0.474. The van der Waals surface area contributed by atoms with Crippen molar-refractivity contribution in [1.29, 1.82) is 0 Å². The number of nitrogens with zero attached hydrogens (tertiary/aromatic N) is 3. The number of anilines is 1. The number of aromatic nitrogens is 2. The molecule has 5 nitrogen and oxygen atoms in total. The van der Waals surface area contributed by atoms with Gasteiger partial charge in [-0.1, -0.05) is 18.2 Å². The number of hydrogen-bond acceptors (Lipinski definition) is 5. The summed E-state index contributed by atoms with van der Waals surface area (Å²) in [5.41, 5.74) is -1.24. The van der Waals surface area contributed by atoms with Crippen LogP contribution in [-0.4, -0.2) is 41.3 Å². The number of halogens is 6. The summed E-state index contributed by atoms with van der Waals surface area (Å²) in [6.07, 6.45) is -7.71. The van der Waals surface area contributed by atoms with Crippen LogP contribution in [0.2, 0.25) is 0 Å². The van der Waals surface area contributed by atoms with Gasteiger partial charge in [0.1, 0.15) is 0 Å². The minimum Gasteiger partial charge on any atom is -0.493 e. The van der Waals surface area contributed by atoms with E-state index in [-0.39, 0.29) is 17.6 Å². The average Bonchev–Trinajstić information content (AvgIpc) is 2.68. The van der Waals surface area contributed by atoms with Gasteiger partial charge in [0, 0.05) is 31.7 Å². The first-order valence-electron chi connectivity index (χ1n) is 9.20. The molecule has 30 heavy (non-hydrogen) atoms. The highest BCUT2D eigenvalue weighted by atomic mass is 19.4. The Morgan fingerprint density at radius 3 is 2.33 bits per heavy atom. The van der Waals surface area contributed by atoms with Crippen LogP contribution in [0.25, 0.3) is 0 Å². The first-order chi connectivity index (χ1) is 14.1. The van der Waals surface area contributed by atoms with E-state index in [9.17, 15) is 26.3 Å². The smallest absolute Gasteiger partial charge is 0.435 e. The molecule has 0 atom stereocenters. The zero-order valence-electron chi connectivity index (χ0n) is 16.0. The molecule has 0 aliphatic carbocycles. The molecule has 3 rings (SSSR count). The maximum absolute atomic E-state index is 12.9. The lowest BCUT2D eigenvalue weighted by molar-refractivity contribution is -0.142. The predicted molar refractivity (Wildman–Crippen MR) is 97.0 cm³/mol. The number of hydrogen-bond donors (Lipinski definition) is 1. The Kier molecular flexibility index (Phi) is 6.39. The van der Waals surface area contributed by atoms with Crippen molar-refractivity contribution >= 4 is 5.82 Å². The molecule has 11 heteroatoms. The number of methoxy groups -OCH3 is 1. The maximum atomic E-state index is 12.9. The summed E-state index contributed by atoms with van der Waals surface area (Å²) >= 11 is 0. The summed E-state index contributed by atoms with van der Waals surface area (Å²) in [6, 6.07) is 5.95. The molecular formula is C19H20F6N4O. The molecule has 0 radical (unpaired) electrons.